The van der Waals surface area contributed by atoms with Gasteiger partial charge < -0.3 is 16.9 Å². The molecule has 0 aliphatic carbocycles. The Balaban J connectivity index is 0.000000605. The van der Waals surface area contributed by atoms with Gasteiger partial charge in [-0.15, -0.1) is 0 Å². The van der Waals surface area contributed by atoms with E-state index in [0.29, 0.717) is 11.6 Å². The number of nitrogens with zero attached hydrogens (tertiary/aromatic N) is 2. The maximum atomic E-state index is 5.38. The van der Waals surface area contributed by atoms with Crippen molar-refractivity contribution in [3.63, 3.8) is 0 Å². The third kappa shape index (κ3) is 1.13. The lowest BCUT2D eigenvalue weighted by atomic mass is 10.4. The molecule has 0 bridgehead atoms. The van der Waals surface area contributed by atoms with Gasteiger partial charge in [0.1, 0.15) is 0 Å². The lowest BCUT2D eigenvalue weighted by Crippen LogP contribution is -1.84. The Morgan fingerprint density at radius 3 is 3.00 bits per heavy atom. The van der Waals surface area contributed by atoms with E-state index in [2.05, 4.69) is 15.0 Å². The molecule has 2 heterocycles. The minimum Gasteiger partial charge on any atom is -0.369 e. The summed E-state index contributed by atoms with van der Waals surface area (Å²) in [4.78, 5) is 10.8. The number of anilines is 1. The van der Waals surface area contributed by atoms with Crippen molar-refractivity contribution in [3.8, 4) is 0 Å². The lowest BCUT2D eigenvalue weighted by molar-refractivity contribution is 1.31. The molecular weight excluding hydrogens is 142 g/mol. The molecule has 0 spiro atoms. The minimum atomic E-state index is 0. The summed E-state index contributed by atoms with van der Waals surface area (Å²) < 4.78 is 0. The van der Waals surface area contributed by atoms with Crippen LogP contribution in [0.3, 0.4) is 0 Å². The topological polar surface area (TPSA) is 103 Å². The van der Waals surface area contributed by atoms with E-state index >= 15 is 0 Å². The van der Waals surface area contributed by atoms with Gasteiger partial charge in [-0.2, -0.15) is 4.98 Å². The molecule has 2 rings (SSSR count). The van der Waals surface area contributed by atoms with E-state index in [-0.39, 0.29) is 6.15 Å². The van der Waals surface area contributed by atoms with E-state index in [1.54, 1.807) is 6.20 Å². The maximum absolute atomic E-state index is 5.38. The Labute approximate surface area is 63.2 Å². The van der Waals surface area contributed by atoms with E-state index in [9.17, 15) is 0 Å². The first-order valence-electron chi connectivity index (χ1n) is 2.92. The van der Waals surface area contributed by atoms with Crippen LogP contribution in [0, 0.1) is 0 Å². The molecule has 2 aromatic heterocycles. The third-order valence-electron chi connectivity index (χ3n) is 1.28. The molecule has 0 radical (unpaired) electrons. The van der Waals surface area contributed by atoms with Crippen molar-refractivity contribution in [2.45, 2.75) is 0 Å². The van der Waals surface area contributed by atoms with Crippen molar-refractivity contribution < 1.29 is 0 Å². The Kier molecular flexibility index (Phi) is 1.74. The number of imidazole rings is 1. The first kappa shape index (κ1) is 7.49. The SMILES string of the molecule is N.Nc1nc2ncccc2[nH]1. The quantitative estimate of drug-likeness (QED) is 0.515. The molecule has 0 fully saturated rings. The zero-order valence-corrected chi connectivity index (χ0v) is 5.91. The number of nitrogens with two attached hydrogens (primary N) is 1. The second-order valence-electron chi connectivity index (χ2n) is 2.00. The number of nitrogen functional groups attached to an aromatic ring is 1. The Morgan fingerprint density at radius 2 is 2.27 bits per heavy atom. The van der Waals surface area contributed by atoms with E-state index in [0.717, 1.165) is 5.52 Å². The summed E-state index contributed by atoms with van der Waals surface area (Å²) in [7, 11) is 0. The third-order valence-corrected chi connectivity index (χ3v) is 1.28. The number of pyridine rings is 1. The summed E-state index contributed by atoms with van der Waals surface area (Å²) >= 11 is 0. The van der Waals surface area contributed by atoms with E-state index in [4.69, 9.17) is 5.73 Å². The fourth-order valence-corrected chi connectivity index (χ4v) is 0.864. The molecular formula is C6H9N5. The standard InChI is InChI=1S/C6H6N4.H3N/c7-6-9-4-2-1-3-8-5(4)10-6;/h1-3H,(H3,7,8,9,10);1H3. The van der Waals surface area contributed by atoms with Crippen molar-refractivity contribution in [1.82, 2.24) is 21.1 Å². The molecule has 0 aromatic carbocycles. The number of nitrogens with one attached hydrogen (secondary N) is 1. The first-order valence-corrected chi connectivity index (χ1v) is 2.92. The first-order chi connectivity index (χ1) is 4.86. The van der Waals surface area contributed by atoms with Gasteiger partial charge in [0, 0.05) is 6.20 Å². The van der Waals surface area contributed by atoms with Gasteiger partial charge >= 0.3 is 0 Å². The smallest absolute Gasteiger partial charge is 0.200 e. The highest BCUT2D eigenvalue weighted by Crippen LogP contribution is 2.06. The number of aromatic nitrogens is 3. The van der Waals surface area contributed by atoms with Gasteiger partial charge in [0.15, 0.2) is 11.6 Å². The van der Waals surface area contributed by atoms with Crippen LogP contribution in [0.25, 0.3) is 11.2 Å². The molecule has 6 N–H and O–H groups in total. The van der Waals surface area contributed by atoms with E-state index in [1.165, 1.54) is 0 Å². The second-order valence-corrected chi connectivity index (χ2v) is 2.00. The van der Waals surface area contributed by atoms with Gasteiger partial charge in [-0.25, -0.2) is 4.98 Å². The fraction of sp³-hybridized carbons (Fsp3) is 0. The van der Waals surface area contributed by atoms with Crippen molar-refractivity contribution in [2.75, 3.05) is 5.73 Å². The van der Waals surface area contributed by atoms with Crippen LogP contribution in [0.5, 0.6) is 0 Å². The average Bonchev–Trinajstić information content (AvgIpc) is 2.27. The normalized spacial score (nSPS) is 9.45. The summed E-state index contributed by atoms with van der Waals surface area (Å²) in [5.74, 6) is 0.411. The minimum absolute atomic E-state index is 0. The van der Waals surface area contributed by atoms with Gasteiger partial charge in [-0.05, 0) is 12.1 Å². The summed E-state index contributed by atoms with van der Waals surface area (Å²) in [5, 5.41) is 0. The van der Waals surface area contributed by atoms with Crippen LogP contribution in [0.1, 0.15) is 0 Å². The molecule has 0 saturated carbocycles. The Morgan fingerprint density at radius 1 is 1.45 bits per heavy atom. The number of hydrogen-bond donors (Lipinski definition) is 3. The van der Waals surface area contributed by atoms with Crippen LogP contribution in [0.4, 0.5) is 5.95 Å². The van der Waals surface area contributed by atoms with E-state index < -0.39 is 0 Å². The zero-order chi connectivity index (χ0) is 6.97. The van der Waals surface area contributed by atoms with Crippen molar-refractivity contribution in [1.29, 1.82) is 0 Å². The van der Waals surface area contributed by atoms with Gasteiger partial charge in [0.2, 0.25) is 0 Å². The van der Waals surface area contributed by atoms with Crippen LogP contribution < -0.4 is 11.9 Å². The molecule has 0 aliphatic heterocycles. The van der Waals surface area contributed by atoms with Gasteiger partial charge in [0.05, 0.1) is 5.52 Å². The molecule has 5 nitrogen and oxygen atoms in total. The number of fused-ring (bicyclic) bond motifs is 1. The molecule has 2 aromatic rings. The molecule has 0 atom stereocenters. The second kappa shape index (κ2) is 2.55. The largest absolute Gasteiger partial charge is 0.369 e. The van der Waals surface area contributed by atoms with Crippen molar-refractivity contribution in [2.24, 2.45) is 0 Å². The Hall–Kier alpha value is -1.62. The summed E-state index contributed by atoms with van der Waals surface area (Å²) in [5.41, 5.74) is 6.93. The number of rotatable bonds is 0. The molecule has 0 aliphatic rings. The Bertz CT molecular complexity index is 320. The number of H-pyrrole nitrogens is 1. The number of aromatic amines is 1. The van der Waals surface area contributed by atoms with Crippen molar-refractivity contribution >= 4 is 17.1 Å². The van der Waals surface area contributed by atoms with Crippen molar-refractivity contribution in [3.05, 3.63) is 18.3 Å². The lowest BCUT2D eigenvalue weighted by Gasteiger charge is -1.80. The van der Waals surface area contributed by atoms with Gasteiger partial charge in [0.25, 0.3) is 0 Å². The maximum Gasteiger partial charge on any atom is 0.200 e. The highest BCUT2D eigenvalue weighted by Gasteiger charge is 1.96. The molecule has 0 unspecified atom stereocenters. The highest BCUT2D eigenvalue weighted by atomic mass is 15.1. The van der Waals surface area contributed by atoms with Crippen LogP contribution in [-0.2, 0) is 0 Å². The van der Waals surface area contributed by atoms with Crippen LogP contribution in [-0.4, -0.2) is 15.0 Å². The zero-order valence-electron chi connectivity index (χ0n) is 5.91. The molecule has 58 valence electrons. The number of hydrogen-bond acceptors (Lipinski definition) is 4. The molecule has 0 amide bonds. The van der Waals surface area contributed by atoms with E-state index in [1.807, 2.05) is 12.1 Å². The van der Waals surface area contributed by atoms with Gasteiger partial charge in [-0.3, -0.25) is 0 Å². The van der Waals surface area contributed by atoms with Gasteiger partial charge in [-0.1, -0.05) is 0 Å². The predicted octanol–water partition coefficient (Wildman–Crippen LogP) is 0.702. The highest BCUT2D eigenvalue weighted by molar-refractivity contribution is 5.72. The monoisotopic (exact) mass is 151 g/mol. The predicted molar refractivity (Wildman–Crippen MR) is 43.3 cm³/mol. The van der Waals surface area contributed by atoms with Crippen LogP contribution in [0.15, 0.2) is 18.3 Å². The molecule has 11 heavy (non-hydrogen) atoms. The van der Waals surface area contributed by atoms with Crippen LogP contribution in [0.2, 0.25) is 0 Å². The summed E-state index contributed by atoms with van der Waals surface area (Å²) in [6, 6.07) is 3.71. The molecule has 5 heteroatoms. The summed E-state index contributed by atoms with van der Waals surface area (Å²) in [6.45, 7) is 0. The average molecular weight is 151 g/mol. The fourth-order valence-electron chi connectivity index (χ4n) is 0.864. The van der Waals surface area contributed by atoms with Crippen LogP contribution >= 0.6 is 0 Å². The summed E-state index contributed by atoms with van der Waals surface area (Å²) in [6.07, 6.45) is 1.68. The molecule has 0 saturated heterocycles.